The molecule has 0 spiro atoms. The van der Waals surface area contributed by atoms with Crippen LogP contribution in [0.2, 0.25) is 5.02 Å². The second-order valence-electron chi connectivity index (χ2n) is 6.08. The summed E-state index contributed by atoms with van der Waals surface area (Å²) in [6, 6.07) is 8.54. The van der Waals surface area contributed by atoms with E-state index in [4.69, 9.17) is 16.0 Å². The highest BCUT2D eigenvalue weighted by atomic mass is 35.5. The number of halogens is 1. The van der Waals surface area contributed by atoms with Gasteiger partial charge >= 0.3 is 0 Å². The number of carbonyl (C=O) groups excluding carboxylic acids is 1. The fourth-order valence-corrected chi connectivity index (χ4v) is 3.66. The molecule has 0 aliphatic carbocycles. The molecule has 0 fully saturated rings. The summed E-state index contributed by atoms with van der Waals surface area (Å²) in [5.41, 5.74) is 0.309. The molecule has 3 rings (SSSR count). The first kappa shape index (κ1) is 19.5. The molecule has 1 aromatic carbocycles. The van der Waals surface area contributed by atoms with Crippen LogP contribution >= 0.6 is 23.4 Å². The van der Waals surface area contributed by atoms with Gasteiger partial charge in [-0.25, -0.2) is 4.98 Å². The third-order valence-corrected chi connectivity index (χ3v) is 5.30. The Morgan fingerprint density at radius 1 is 1.41 bits per heavy atom. The fraction of sp³-hybridized carbons (Fsp3) is 0.316. The van der Waals surface area contributed by atoms with Crippen molar-refractivity contribution in [3.8, 4) is 0 Å². The van der Waals surface area contributed by atoms with Crippen molar-refractivity contribution < 1.29 is 9.21 Å². The lowest BCUT2D eigenvalue weighted by molar-refractivity contribution is -0.120. The van der Waals surface area contributed by atoms with Crippen LogP contribution in [0.3, 0.4) is 0 Å². The molecule has 0 bridgehead atoms. The van der Waals surface area contributed by atoms with E-state index in [2.05, 4.69) is 10.3 Å². The number of hydrogen-bond acceptors (Lipinski definition) is 5. The van der Waals surface area contributed by atoms with Crippen LogP contribution in [0.4, 0.5) is 0 Å². The summed E-state index contributed by atoms with van der Waals surface area (Å²) < 4.78 is 6.92. The Morgan fingerprint density at radius 2 is 2.22 bits per heavy atom. The van der Waals surface area contributed by atoms with Crippen molar-refractivity contribution in [3.05, 3.63) is 57.7 Å². The minimum absolute atomic E-state index is 0.0909. The first-order valence-electron chi connectivity index (χ1n) is 8.66. The van der Waals surface area contributed by atoms with Crippen molar-refractivity contribution in [1.82, 2.24) is 14.9 Å². The van der Waals surface area contributed by atoms with E-state index >= 15 is 0 Å². The number of amides is 1. The molecule has 2 aromatic heterocycles. The normalized spacial score (nSPS) is 12.3. The molecule has 6 nitrogen and oxygen atoms in total. The first-order chi connectivity index (χ1) is 13.0. The number of thioether (sulfide) groups is 1. The summed E-state index contributed by atoms with van der Waals surface area (Å²) in [4.78, 5) is 29.9. The number of rotatable bonds is 7. The molecule has 1 N–H and O–H groups in total. The maximum Gasteiger partial charge on any atom is 0.262 e. The van der Waals surface area contributed by atoms with Gasteiger partial charge in [0.25, 0.3) is 5.56 Å². The first-order valence-corrected chi connectivity index (χ1v) is 9.92. The summed E-state index contributed by atoms with van der Waals surface area (Å²) in [6.07, 6.45) is 2.42. The average molecular weight is 406 g/mol. The molecule has 8 heteroatoms. The predicted molar refractivity (Wildman–Crippen MR) is 107 cm³/mol. The summed E-state index contributed by atoms with van der Waals surface area (Å²) in [5.74, 6) is 0.545. The van der Waals surface area contributed by atoms with Crippen LogP contribution in [-0.2, 0) is 11.3 Å². The van der Waals surface area contributed by atoms with Gasteiger partial charge < -0.3 is 9.73 Å². The van der Waals surface area contributed by atoms with E-state index in [0.717, 1.165) is 6.42 Å². The second-order valence-corrected chi connectivity index (χ2v) is 7.82. The van der Waals surface area contributed by atoms with Crippen LogP contribution in [-0.4, -0.2) is 27.3 Å². The fourth-order valence-electron chi connectivity index (χ4n) is 2.57. The molecule has 0 saturated heterocycles. The SMILES string of the molecule is CCCNC(=O)C(C)Sc1nc2cc(Cl)ccc2c(=O)n1Cc1ccco1. The van der Waals surface area contributed by atoms with Crippen molar-refractivity contribution >= 4 is 40.2 Å². The molecule has 0 radical (unpaired) electrons. The van der Waals surface area contributed by atoms with Gasteiger partial charge in [0.2, 0.25) is 5.91 Å². The lowest BCUT2D eigenvalue weighted by atomic mass is 10.2. The number of furan rings is 1. The largest absolute Gasteiger partial charge is 0.467 e. The maximum atomic E-state index is 13.0. The van der Waals surface area contributed by atoms with Gasteiger partial charge in [-0.1, -0.05) is 30.3 Å². The molecule has 0 saturated carbocycles. The highest BCUT2D eigenvalue weighted by Gasteiger charge is 2.20. The summed E-state index contributed by atoms with van der Waals surface area (Å²) in [6.45, 7) is 4.64. The number of aromatic nitrogens is 2. The summed E-state index contributed by atoms with van der Waals surface area (Å²) >= 11 is 7.30. The molecule has 0 aliphatic heterocycles. The number of nitrogens with one attached hydrogen (secondary N) is 1. The highest BCUT2D eigenvalue weighted by molar-refractivity contribution is 8.00. The Kier molecular flexibility index (Phi) is 6.23. The van der Waals surface area contributed by atoms with Crippen LogP contribution in [0.1, 0.15) is 26.0 Å². The molecule has 0 aliphatic rings. The highest BCUT2D eigenvalue weighted by Crippen LogP contribution is 2.24. The van der Waals surface area contributed by atoms with Crippen LogP contribution in [0.25, 0.3) is 10.9 Å². The van der Waals surface area contributed by atoms with Crippen molar-refractivity contribution in [2.24, 2.45) is 0 Å². The molecule has 1 amide bonds. The quantitative estimate of drug-likeness (QED) is 0.479. The third kappa shape index (κ3) is 4.54. The lowest BCUT2D eigenvalue weighted by Gasteiger charge is -2.15. The van der Waals surface area contributed by atoms with E-state index in [9.17, 15) is 9.59 Å². The molecule has 142 valence electrons. The zero-order valence-corrected chi connectivity index (χ0v) is 16.6. The maximum absolute atomic E-state index is 13.0. The van der Waals surface area contributed by atoms with Gasteiger partial charge in [0.15, 0.2) is 5.16 Å². The Morgan fingerprint density at radius 3 is 2.93 bits per heavy atom. The van der Waals surface area contributed by atoms with Gasteiger partial charge in [-0.15, -0.1) is 0 Å². The Hall–Kier alpha value is -2.25. The molecule has 27 heavy (non-hydrogen) atoms. The van der Waals surface area contributed by atoms with E-state index in [1.165, 1.54) is 16.3 Å². The van der Waals surface area contributed by atoms with E-state index in [0.29, 0.717) is 33.4 Å². The lowest BCUT2D eigenvalue weighted by Crippen LogP contribution is -2.32. The molecular weight excluding hydrogens is 386 g/mol. The van der Waals surface area contributed by atoms with Crippen LogP contribution in [0.15, 0.2) is 51.0 Å². The zero-order chi connectivity index (χ0) is 19.4. The smallest absolute Gasteiger partial charge is 0.262 e. The molecule has 2 heterocycles. The summed E-state index contributed by atoms with van der Waals surface area (Å²) in [5, 5.41) is 3.89. The van der Waals surface area contributed by atoms with Crippen molar-refractivity contribution in [2.75, 3.05) is 6.54 Å². The van der Waals surface area contributed by atoms with Gasteiger partial charge in [-0.05, 0) is 43.7 Å². The van der Waals surface area contributed by atoms with Gasteiger partial charge in [-0.3, -0.25) is 14.2 Å². The molecule has 1 atom stereocenters. The van der Waals surface area contributed by atoms with E-state index in [1.54, 1.807) is 43.5 Å². The summed E-state index contributed by atoms with van der Waals surface area (Å²) in [7, 11) is 0. The van der Waals surface area contributed by atoms with Crippen LogP contribution in [0.5, 0.6) is 0 Å². The topological polar surface area (TPSA) is 77.1 Å². The van der Waals surface area contributed by atoms with Crippen LogP contribution < -0.4 is 10.9 Å². The van der Waals surface area contributed by atoms with Crippen LogP contribution in [0, 0.1) is 0 Å². The van der Waals surface area contributed by atoms with Gasteiger partial charge in [0.05, 0.1) is 29.0 Å². The number of hydrogen-bond donors (Lipinski definition) is 1. The van der Waals surface area contributed by atoms with E-state index in [1.807, 2.05) is 6.92 Å². The minimum Gasteiger partial charge on any atom is -0.467 e. The Balaban J connectivity index is 2.02. The third-order valence-electron chi connectivity index (χ3n) is 3.98. The Labute approximate surface area is 165 Å². The van der Waals surface area contributed by atoms with E-state index < -0.39 is 5.25 Å². The van der Waals surface area contributed by atoms with Crippen molar-refractivity contribution in [3.63, 3.8) is 0 Å². The average Bonchev–Trinajstić information content (AvgIpc) is 3.15. The molecular formula is C19H20ClN3O3S. The minimum atomic E-state index is -0.400. The van der Waals surface area contributed by atoms with Gasteiger partial charge in [0.1, 0.15) is 5.76 Å². The molecule has 1 unspecified atom stereocenters. The van der Waals surface area contributed by atoms with E-state index in [-0.39, 0.29) is 18.0 Å². The number of benzene rings is 1. The van der Waals surface area contributed by atoms with Gasteiger partial charge in [-0.2, -0.15) is 0 Å². The number of fused-ring (bicyclic) bond motifs is 1. The van der Waals surface area contributed by atoms with Crippen molar-refractivity contribution in [2.45, 2.75) is 37.2 Å². The Bertz CT molecular complexity index is 1000. The number of carbonyl (C=O) groups is 1. The number of nitrogens with zero attached hydrogens (tertiary/aromatic N) is 2. The molecule has 3 aromatic rings. The van der Waals surface area contributed by atoms with Gasteiger partial charge in [0, 0.05) is 11.6 Å². The predicted octanol–water partition coefficient (Wildman–Crippen LogP) is 3.70. The zero-order valence-electron chi connectivity index (χ0n) is 15.1. The van der Waals surface area contributed by atoms with Crippen molar-refractivity contribution in [1.29, 1.82) is 0 Å². The monoisotopic (exact) mass is 405 g/mol. The standard InChI is InChI=1S/C19H20ClN3O3S/c1-3-8-21-17(24)12(2)27-19-22-16-10-13(20)6-7-15(16)18(25)23(19)11-14-5-4-9-26-14/h4-7,9-10,12H,3,8,11H2,1-2H3,(H,21,24). The second kappa shape index (κ2) is 8.63.